The number of carbonyl (C=O) groups excluding carboxylic acids is 4. The summed E-state index contributed by atoms with van der Waals surface area (Å²) in [6, 6.07) is 5.25. The van der Waals surface area contributed by atoms with Gasteiger partial charge in [0.15, 0.2) is 0 Å². The number of esters is 4. The number of hydrogen-bond donors (Lipinski definition) is 0. The van der Waals surface area contributed by atoms with E-state index in [-0.39, 0.29) is 55.6 Å². The van der Waals surface area contributed by atoms with E-state index in [0.29, 0.717) is 12.8 Å². The van der Waals surface area contributed by atoms with E-state index in [1.807, 2.05) is 0 Å². The zero-order valence-electron chi connectivity index (χ0n) is 18.6. The normalized spacial score (nSPS) is 17.2. The van der Waals surface area contributed by atoms with Gasteiger partial charge in [-0.15, -0.1) is 0 Å². The first-order chi connectivity index (χ1) is 16.4. The van der Waals surface area contributed by atoms with E-state index >= 15 is 0 Å². The summed E-state index contributed by atoms with van der Waals surface area (Å²) in [5.41, 5.74) is 0. The van der Waals surface area contributed by atoms with Crippen molar-refractivity contribution in [2.24, 2.45) is 0 Å². The summed E-state index contributed by atoms with van der Waals surface area (Å²) in [5, 5.41) is 0. The molecule has 0 saturated carbocycles. The first kappa shape index (κ1) is 25.0. The lowest BCUT2D eigenvalue weighted by Crippen LogP contribution is -2.23. The average Bonchev–Trinajstić information content (AvgIpc) is 3.61. The molecule has 0 bridgehead atoms. The Morgan fingerprint density at radius 3 is 1.59 bits per heavy atom. The minimum atomic E-state index is -0.756. The van der Waals surface area contributed by atoms with Gasteiger partial charge in [0.25, 0.3) is 0 Å². The van der Waals surface area contributed by atoms with Crippen LogP contribution in [0.5, 0.6) is 0 Å². The molecule has 2 aromatic heterocycles. The van der Waals surface area contributed by atoms with Crippen LogP contribution in [0.4, 0.5) is 0 Å². The largest absolute Gasteiger partial charge is 0.463 e. The number of furan rings is 2. The van der Waals surface area contributed by atoms with Crippen LogP contribution < -0.4 is 0 Å². The van der Waals surface area contributed by atoms with E-state index in [9.17, 15) is 19.2 Å². The van der Waals surface area contributed by atoms with Gasteiger partial charge < -0.3 is 37.3 Å². The summed E-state index contributed by atoms with van der Waals surface area (Å²) >= 11 is 0. The Bertz CT molecular complexity index is 1000. The first-order valence-corrected chi connectivity index (χ1v) is 10.3. The van der Waals surface area contributed by atoms with Gasteiger partial charge in [-0.25, -0.2) is 19.2 Å². The Kier molecular flexibility index (Phi) is 8.82. The van der Waals surface area contributed by atoms with E-state index in [1.165, 1.54) is 38.5 Å². The van der Waals surface area contributed by atoms with Crippen LogP contribution in [0.3, 0.4) is 0 Å². The fourth-order valence-electron chi connectivity index (χ4n) is 3.01. The summed E-state index contributed by atoms with van der Waals surface area (Å²) in [7, 11) is 2.67. The van der Waals surface area contributed by atoms with Gasteiger partial charge >= 0.3 is 23.9 Å². The lowest BCUT2D eigenvalue weighted by atomic mass is 10.2. The standard InChI is InChI=1S/C22H24O12/c1-27-9-10-29-20(24)16-7-8-18(34-16)22(26)31-12-14-4-3-13(32-14)11-30-21(25)17-6-5-15(33-17)19(23)28-2/h5-8,13-14H,3-4,9-12H2,1-2H3. The highest BCUT2D eigenvalue weighted by Crippen LogP contribution is 2.21. The molecule has 0 spiro atoms. The second kappa shape index (κ2) is 12.0. The van der Waals surface area contributed by atoms with Crippen molar-refractivity contribution in [1.29, 1.82) is 0 Å². The van der Waals surface area contributed by atoms with E-state index in [4.69, 9.17) is 32.5 Å². The maximum atomic E-state index is 12.2. The molecule has 2 aromatic rings. The smallest absolute Gasteiger partial charge is 0.374 e. The molecule has 1 aliphatic heterocycles. The van der Waals surface area contributed by atoms with Crippen molar-refractivity contribution in [2.75, 3.05) is 40.6 Å². The van der Waals surface area contributed by atoms with Crippen LogP contribution in [0.25, 0.3) is 0 Å². The SMILES string of the molecule is COCCOC(=O)c1ccc(C(=O)OCC2CCC(COC(=O)c3ccc(C(=O)OC)o3)O2)o1. The lowest BCUT2D eigenvalue weighted by Gasteiger charge is -2.13. The molecular formula is C22H24O12. The Balaban J connectivity index is 1.38. The molecule has 0 amide bonds. The lowest BCUT2D eigenvalue weighted by molar-refractivity contribution is -0.0321. The minimum Gasteiger partial charge on any atom is -0.463 e. The molecule has 12 heteroatoms. The van der Waals surface area contributed by atoms with Crippen LogP contribution in [-0.4, -0.2) is 76.7 Å². The summed E-state index contributed by atoms with van der Waals surface area (Å²) < 4.78 is 40.5. The van der Waals surface area contributed by atoms with Crippen LogP contribution in [0.2, 0.25) is 0 Å². The molecule has 0 N–H and O–H groups in total. The van der Waals surface area contributed by atoms with Gasteiger partial charge in [-0.1, -0.05) is 0 Å². The highest BCUT2D eigenvalue weighted by atomic mass is 16.6. The van der Waals surface area contributed by atoms with Crippen molar-refractivity contribution in [3.8, 4) is 0 Å². The summed E-state index contributed by atoms with van der Waals surface area (Å²) in [6.07, 6.45) is 0.382. The molecular weight excluding hydrogens is 456 g/mol. The zero-order chi connectivity index (χ0) is 24.5. The second-order valence-corrected chi connectivity index (χ2v) is 7.10. The number of carbonyl (C=O) groups is 4. The average molecular weight is 480 g/mol. The number of hydrogen-bond acceptors (Lipinski definition) is 12. The van der Waals surface area contributed by atoms with Crippen LogP contribution in [0, 0.1) is 0 Å². The second-order valence-electron chi connectivity index (χ2n) is 7.10. The Morgan fingerprint density at radius 2 is 1.15 bits per heavy atom. The molecule has 1 aliphatic rings. The van der Waals surface area contributed by atoms with Crippen LogP contribution in [0.1, 0.15) is 55.1 Å². The third kappa shape index (κ3) is 6.68. The van der Waals surface area contributed by atoms with Crippen LogP contribution >= 0.6 is 0 Å². The number of rotatable bonds is 11. The Labute approximate surface area is 194 Å². The predicted molar refractivity (Wildman–Crippen MR) is 109 cm³/mol. The molecule has 2 unspecified atom stereocenters. The summed E-state index contributed by atoms with van der Waals surface area (Å²) in [4.78, 5) is 47.4. The summed E-state index contributed by atoms with van der Waals surface area (Å²) in [5.74, 6) is -3.45. The molecule has 0 aromatic carbocycles. The van der Waals surface area contributed by atoms with Crippen molar-refractivity contribution in [1.82, 2.24) is 0 Å². The highest BCUT2D eigenvalue weighted by molar-refractivity contribution is 5.91. The molecule has 34 heavy (non-hydrogen) atoms. The van der Waals surface area contributed by atoms with Crippen molar-refractivity contribution in [3.05, 3.63) is 47.3 Å². The van der Waals surface area contributed by atoms with Crippen molar-refractivity contribution in [2.45, 2.75) is 25.0 Å². The predicted octanol–water partition coefficient (Wildman–Crippen LogP) is 2.02. The van der Waals surface area contributed by atoms with E-state index in [2.05, 4.69) is 4.74 Å². The molecule has 184 valence electrons. The fraction of sp³-hybridized carbons (Fsp3) is 0.455. The highest BCUT2D eigenvalue weighted by Gasteiger charge is 2.29. The molecule has 2 atom stereocenters. The van der Waals surface area contributed by atoms with Crippen molar-refractivity contribution >= 4 is 23.9 Å². The monoisotopic (exact) mass is 480 g/mol. The molecule has 3 heterocycles. The maximum absolute atomic E-state index is 12.2. The minimum absolute atomic E-state index is 0.0374. The maximum Gasteiger partial charge on any atom is 0.374 e. The van der Waals surface area contributed by atoms with Crippen molar-refractivity contribution in [3.63, 3.8) is 0 Å². The molecule has 3 rings (SSSR count). The molecule has 0 aliphatic carbocycles. The molecule has 1 saturated heterocycles. The van der Waals surface area contributed by atoms with Gasteiger partial charge in [0.05, 0.1) is 25.9 Å². The van der Waals surface area contributed by atoms with Gasteiger partial charge in [-0.2, -0.15) is 0 Å². The summed E-state index contributed by atoms with van der Waals surface area (Å²) in [6.45, 7) is 0.214. The van der Waals surface area contributed by atoms with Crippen molar-refractivity contribution < 1.29 is 56.4 Å². The van der Waals surface area contributed by atoms with E-state index in [0.717, 1.165) is 0 Å². The molecule has 12 nitrogen and oxygen atoms in total. The quantitative estimate of drug-likeness (QED) is 0.263. The van der Waals surface area contributed by atoms with Gasteiger partial charge in [-0.3, -0.25) is 0 Å². The van der Waals surface area contributed by atoms with E-state index in [1.54, 1.807) is 0 Å². The molecule has 0 radical (unpaired) electrons. The number of ether oxygens (including phenoxy) is 6. The van der Waals surface area contributed by atoms with Gasteiger partial charge in [0.1, 0.15) is 19.8 Å². The number of methoxy groups -OCH3 is 2. The zero-order valence-corrected chi connectivity index (χ0v) is 18.6. The first-order valence-electron chi connectivity index (χ1n) is 10.3. The van der Waals surface area contributed by atoms with Gasteiger partial charge in [0.2, 0.25) is 23.0 Å². The topological polar surface area (TPSA) is 150 Å². The Hall–Kier alpha value is -3.64. The van der Waals surface area contributed by atoms with Gasteiger partial charge in [0, 0.05) is 7.11 Å². The third-order valence-electron chi connectivity index (χ3n) is 4.72. The fourth-order valence-corrected chi connectivity index (χ4v) is 3.01. The van der Waals surface area contributed by atoms with E-state index < -0.39 is 30.0 Å². The third-order valence-corrected chi connectivity index (χ3v) is 4.72. The van der Waals surface area contributed by atoms with Crippen LogP contribution in [-0.2, 0) is 28.4 Å². The molecule has 1 fully saturated rings. The van der Waals surface area contributed by atoms with Crippen LogP contribution in [0.15, 0.2) is 33.1 Å². The van der Waals surface area contributed by atoms with Gasteiger partial charge in [-0.05, 0) is 37.1 Å². The Morgan fingerprint density at radius 1 is 0.706 bits per heavy atom.